The van der Waals surface area contributed by atoms with Gasteiger partial charge in [-0.1, -0.05) is 37.1 Å². The van der Waals surface area contributed by atoms with E-state index in [4.69, 9.17) is 0 Å². The van der Waals surface area contributed by atoms with E-state index in [1.807, 2.05) is 12.1 Å². The van der Waals surface area contributed by atoms with E-state index in [1.54, 1.807) is 0 Å². The molecule has 126 valence electrons. The Hall–Kier alpha value is -1.59. The maximum Gasteiger partial charge on any atom is 0.239 e. The number of rotatable bonds is 4. The van der Waals surface area contributed by atoms with Gasteiger partial charge >= 0.3 is 0 Å². The standard InChI is InChI=1S/C17H23N3O2.ClH/c21-16(20-14-7-3-4-8-14)11-19-17(22)15-9-12-5-1-2-6-13(12)10-18-15;/h1-2,5-6,14-15,18H,3-4,7-11H2,(H,19,22)(H,20,21);1H. The molecule has 1 saturated carbocycles. The fourth-order valence-corrected chi connectivity index (χ4v) is 3.28. The normalized spacial score (nSPS) is 20.3. The lowest BCUT2D eigenvalue weighted by molar-refractivity contribution is -0.127. The fourth-order valence-electron chi connectivity index (χ4n) is 3.28. The minimum Gasteiger partial charge on any atom is -0.352 e. The Morgan fingerprint density at radius 2 is 1.83 bits per heavy atom. The molecule has 0 saturated heterocycles. The van der Waals surface area contributed by atoms with Gasteiger partial charge in [0.15, 0.2) is 0 Å². The van der Waals surface area contributed by atoms with Crippen LogP contribution >= 0.6 is 12.4 Å². The van der Waals surface area contributed by atoms with Crippen LogP contribution in [-0.4, -0.2) is 30.4 Å². The summed E-state index contributed by atoms with van der Waals surface area (Å²) in [7, 11) is 0. The molecule has 1 atom stereocenters. The summed E-state index contributed by atoms with van der Waals surface area (Å²) in [6.07, 6.45) is 5.15. The van der Waals surface area contributed by atoms with Gasteiger partial charge in [-0.2, -0.15) is 0 Å². The second-order valence-corrected chi connectivity index (χ2v) is 6.17. The van der Waals surface area contributed by atoms with Crippen LogP contribution in [0.25, 0.3) is 0 Å². The summed E-state index contributed by atoms with van der Waals surface area (Å²) in [6, 6.07) is 8.18. The lowest BCUT2D eigenvalue weighted by atomic mass is 9.95. The monoisotopic (exact) mass is 337 g/mol. The number of amides is 2. The molecule has 1 aromatic rings. The van der Waals surface area contributed by atoms with Gasteiger partial charge in [-0.05, 0) is 30.4 Å². The molecule has 2 aliphatic rings. The molecule has 0 radical (unpaired) electrons. The molecule has 1 fully saturated rings. The third-order valence-electron chi connectivity index (χ3n) is 4.54. The van der Waals surface area contributed by atoms with Crippen molar-refractivity contribution in [3.8, 4) is 0 Å². The third-order valence-corrected chi connectivity index (χ3v) is 4.54. The first-order chi connectivity index (χ1) is 10.7. The summed E-state index contributed by atoms with van der Waals surface area (Å²) in [5.74, 6) is -0.187. The molecular weight excluding hydrogens is 314 g/mol. The minimum atomic E-state index is -0.255. The van der Waals surface area contributed by atoms with Crippen LogP contribution in [0.4, 0.5) is 0 Å². The Bertz CT molecular complexity index is 559. The maximum absolute atomic E-state index is 12.2. The van der Waals surface area contributed by atoms with Crippen LogP contribution in [0.1, 0.15) is 36.8 Å². The van der Waals surface area contributed by atoms with E-state index in [0.717, 1.165) is 12.8 Å². The van der Waals surface area contributed by atoms with Crippen molar-refractivity contribution < 1.29 is 9.59 Å². The first-order valence-electron chi connectivity index (χ1n) is 8.09. The summed E-state index contributed by atoms with van der Waals surface area (Å²) in [5.41, 5.74) is 2.45. The number of carbonyl (C=O) groups excluding carboxylic acids is 2. The third kappa shape index (κ3) is 4.69. The number of benzene rings is 1. The van der Waals surface area contributed by atoms with Crippen molar-refractivity contribution in [2.24, 2.45) is 0 Å². The molecule has 5 nitrogen and oxygen atoms in total. The molecule has 23 heavy (non-hydrogen) atoms. The number of hydrogen-bond donors (Lipinski definition) is 3. The van der Waals surface area contributed by atoms with E-state index in [1.165, 1.54) is 24.0 Å². The number of nitrogens with one attached hydrogen (secondary N) is 3. The molecule has 3 rings (SSSR count). The number of hydrogen-bond acceptors (Lipinski definition) is 3. The van der Waals surface area contributed by atoms with E-state index in [0.29, 0.717) is 19.0 Å². The smallest absolute Gasteiger partial charge is 0.239 e. The van der Waals surface area contributed by atoms with Gasteiger partial charge < -0.3 is 16.0 Å². The van der Waals surface area contributed by atoms with Crippen LogP contribution in [0.5, 0.6) is 0 Å². The summed E-state index contributed by atoms with van der Waals surface area (Å²) in [4.78, 5) is 24.0. The second-order valence-electron chi connectivity index (χ2n) is 6.17. The van der Waals surface area contributed by atoms with Crippen molar-refractivity contribution in [1.82, 2.24) is 16.0 Å². The molecule has 6 heteroatoms. The van der Waals surface area contributed by atoms with Crippen LogP contribution in [0.15, 0.2) is 24.3 Å². The molecule has 1 unspecified atom stereocenters. The van der Waals surface area contributed by atoms with Crippen molar-refractivity contribution in [3.63, 3.8) is 0 Å². The van der Waals surface area contributed by atoms with Crippen LogP contribution in [0.2, 0.25) is 0 Å². The Balaban J connectivity index is 0.00000192. The lowest BCUT2D eigenvalue weighted by Crippen LogP contribution is -2.50. The Labute approximate surface area is 143 Å². The molecule has 1 aliphatic heterocycles. The average molecular weight is 338 g/mol. The van der Waals surface area contributed by atoms with Crippen molar-refractivity contribution in [2.75, 3.05) is 6.54 Å². The highest BCUT2D eigenvalue weighted by Crippen LogP contribution is 2.17. The largest absolute Gasteiger partial charge is 0.352 e. The van der Waals surface area contributed by atoms with Gasteiger partial charge in [-0.3, -0.25) is 9.59 Å². The molecule has 2 amide bonds. The lowest BCUT2D eigenvalue weighted by Gasteiger charge is -2.25. The minimum absolute atomic E-state index is 0. The highest BCUT2D eigenvalue weighted by atomic mass is 35.5. The van der Waals surface area contributed by atoms with Crippen LogP contribution in [0.3, 0.4) is 0 Å². The highest BCUT2D eigenvalue weighted by Gasteiger charge is 2.24. The van der Waals surface area contributed by atoms with E-state index < -0.39 is 0 Å². The predicted molar refractivity (Wildman–Crippen MR) is 91.4 cm³/mol. The quantitative estimate of drug-likeness (QED) is 0.775. The van der Waals surface area contributed by atoms with Gasteiger partial charge in [0.2, 0.25) is 11.8 Å². The van der Waals surface area contributed by atoms with E-state index in [9.17, 15) is 9.59 Å². The molecule has 0 bridgehead atoms. The van der Waals surface area contributed by atoms with Gasteiger partial charge in [0, 0.05) is 12.6 Å². The number of halogens is 1. The maximum atomic E-state index is 12.2. The Morgan fingerprint density at radius 3 is 2.57 bits per heavy atom. The zero-order valence-corrected chi connectivity index (χ0v) is 14.0. The second kappa shape index (κ2) is 8.31. The molecule has 0 spiro atoms. The van der Waals surface area contributed by atoms with E-state index >= 15 is 0 Å². The highest BCUT2D eigenvalue weighted by molar-refractivity contribution is 5.87. The first kappa shape index (κ1) is 17.8. The molecule has 0 aromatic heterocycles. The van der Waals surface area contributed by atoms with Crippen LogP contribution in [-0.2, 0) is 22.6 Å². The molecule has 3 N–H and O–H groups in total. The van der Waals surface area contributed by atoms with Crippen molar-refractivity contribution in [2.45, 2.75) is 50.7 Å². The van der Waals surface area contributed by atoms with Crippen molar-refractivity contribution in [3.05, 3.63) is 35.4 Å². The summed E-state index contributed by atoms with van der Waals surface area (Å²) >= 11 is 0. The summed E-state index contributed by atoms with van der Waals surface area (Å²) < 4.78 is 0. The summed E-state index contributed by atoms with van der Waals surface area (Å²) in [6.45, 7) is 0.762. The zero-order valence-electron chi connectivity index (χ0n) is 13.1. The van der Waals surface area contributed by atoms with Gasteiger partial charge in [-0.25, -0.2) is 0 Å². The van der Waals surface area contributed by atoms with Crippen molar-refractivity contribution >= 4 is 24.2 Å². The molecular formula is C17H24ClN3O2. The van der Waals surface area contributed by atoms with Gasteiger partial charge in [0.05, 0.1) is 12.6 Å². The Morgan fingerprint density at radius 1 is 1.13 bits per heavy atom. The molecule has 1 aromatic carbocycles. The Kier molecular flexibility index (Phi) is 6.42. The molecule has 1 aliphatic carbocycles. The average Bonchev–Trinajstić information content (AvgIpc) is 3.05. The van der Waals surface area contributed by atoms with Crippen LogP contribution < -0.4 is 16.0 Å². The number of carbonyl (C=O) groups is 2. The zero-order chi connectivity index (χ0) is 15.4. The summed E-state index contributed by atoms with van der Waals surface area (Å²) in [5, 5.41) is 8.95. The van der Waals surface area contributed by atoms with E-state index in [2.05, 4.69) is 28.1 Å². The number of fused-ring (bicyclic) bond motifs is 1. The van der Waals surface area contributed by atoms with Crippen molar-refractivity contribution in [1.29, 1.82) is 0 Å². The van der Waals surface area contributed by atoms with E-state index in [-0.39, 0.29) is 36.8 Å². The van der Waals surface area contributed by atoms with Gasteiger partial charge in [-0.15, -0.1) is 12.4 Å². The van der Waals surface area contributed by atoms with Gasteiger partial charge in [0.1, 0.15) is 0 Å². The topological polar surface area (TPSA) is 70.2 Å². The van der Waals surface area contributed by atoms with Gasteiger partial charge in [0.25, 0.3) is 0 Å². The SMILES string of the molecule is Cl.O=C(CNC(=O)C1Cc2ccccc2CN1)NC1CCCC1. The van der Waals surface area contributed by atoms with Crippen LogP contribution in [0, 0.1) is 0 Å². The fraction of sp³-hybridized carbons (Fsp3) is 0.529. The first-order valence-corrected chi connectivity index (χ1v) is 8.09. The molecule has 1 heterocycles. The predicted octanol–water partition coefficient (Wildman–Crippen LogP) is 1.30.